The minimum absolute atomic E-state index is 0.136. The number of amides is 2. The minimum Gasteiger partial charge on any atom is -0.457 e. The first kappa shape index (κ1) is 60.4. The number of para-hydroxylation sites is 4. The Hall–Kier alpha value is -11.3. The van der Waals surface area contributed by atoms with Gasteiger partial charge in [0.25, 0.3) is 5.92 Å². The number of carbonyl (C=O) groups is 1. The molecule has 6 aromatic carbocycles. The van der Waals surface area contributed by atoms with Crippen molar-refractivity contribution in [1.29, 1.82) is 0 Å². The number of alkyl halides is 2. The topological polar surface area (TPSA) is 179 Å². The smallest absolute Gasteiger partial charge is 0.326 e. The maximum atomic E-state index is 13.4. The van der Waals surface area contributed by atoms with Gasteiger partial charge in [0.1, 0.15) is 40.1 Å². The number of fused-ring (bicyclic) bond motifs is 2. The van der Waals surface area contributed by atoms with Crippen molar-refractivity contribution < 1.29 is 32.5 Å². The fourth-order valence-corrected chi connectivity index (χ4v) is 9.68. The van der Waals surface area contributed by atoms with Crippen LogP contribution in [0.1, 0.15) is 44.4 Å². The molecule has 5 aromatic heterocycles. The molecule has 3 aliphatic rings. The standard InChI is InChI=1S/C19H14F2N4O.C19H15N3O.C17H16N2O2.C16H19N3O/c1-19(20,21)16-12-25-8-7-13(9-17(25)24-16)14-10-22-18(23-11-14)26-15-5-3-2-4-6-15;1-13-9-15-10-14(7-8-18(15)22-13)16-11-20-19(21-12-16)23-17-5-3-2-4-6-17;1-13-11-12-19(17(20)18-13)14-7-9-16(10-8-14)21-15-5-3-2-4-6-15;1-13-7-9-19(10-8-13)14-11-17-16(18-12-14)20-15-5-3-2-4-6-15/h2-12H,1H3;2-8,10-12,22H,1,9H2;2-10H,1,11-12H2,(H,18,20);2-6,11-13H,7-10H2,1H3. The number of rotatable bonds is 13. The van der Waals surface area contributed by atoms with Crippen LogP contribution in [-0.2, 0) is 12.3 Å². The molecule has 0 radical (unpaired) electrons. The molecule has 0 unspecified atom stereocenters. The number of hydrogen-bond acceptors (Lipinski definition) is 14. The molecular formula is C71H64F2N12O5. The lowest BCUT2D eigenvalue weighted by Gasteiger charge is -2.31. The van der Waals surface area contributed by atoms with Crippen LogP contribution in [0.4, 0.5) is 30.6 Å². The molecule has 14 rings (SSSR count). The number of imidazole rings is 1. The average molecular weight is 1200 g/mol. The van der Waals surface area contributed by atoms with E-state index in [4.69, 9.17) is 18.9 Å². The van der Waals surface area contributed by atoms with Crippen molar-refractivity contribution in [3.8, 4) is 69.0 Å². The fourth-order valence-electron chi connectivity index (χ4n) is 9.68. The zero-order valence-corrected chi connectivity index (χ0v) is 49.6. The molecule has 19 heteroatoms. The number of ether oxygens (including phenoxy) is 4. The Bertz CT molecular complexity index is 4160. The highest BCUT2D eigenvalue weighted by atomic mass is 19.3. The van der Waals surface area contributed by atoms with Crippen LogP contribution in [0.15, 0.2) is 250 Å². The third kappa shape index (κ3) is 16.4. The Morgan fingerprint density at radius 2 is 1.00 bits per heavy atom. The van der Waals surface area contributed by atoms with E-state index in [9.17, 15) is 13.6 Å². The van der Waals surface area contributed by atoms with E-state index in [0.717, 1.165) is 112 Å². The van der Waals surface area contributed by atoms with Gasteiger partial charge in [0.15, 0.2) is 0 Å². The summed E-state index contributed by atoms with van der Waals surface area (Å²) in [5, 5.41) is 6.01. The lowest BCUT2D eigenvalue weighted by atomic mass is 9.99. The quantitative estimate of drug-likeness (QED) is 0.111. The van der Waals surface area contributed by atoms with E-state index < -0.39 is 5.92 Å². The van der Waals surface area contributed by atoms with Crippen molar-refractivity contribution in [3.05, 3.63) is 261 Å². The molecule has 2 saturated heterocycles. The van der Waals surface area contributed by atoms with Crippen molar-refractivity contribution in [1.82, 2.24) is 44.6 Å². The Labute approximate surface area is 520 Å². The molecule has 0 atom stereocenters. The Kier molecular flexibility index (Phi) is 19.1. The summed E-state index contributed by atoms with van der Waals surface area (Å²) in [6.07, 6.45) is 17.6. The largest absolute Gasteiger partial charge is 0.457 e. The summed E-state index contributed by atoms with van der Waals surface area (Å²) in [7, 11) is 0. The molecule has 11 aromatic rings. The van der Waals surface area contributed by atoms with E-state index in [1.165, 1.54) is 24.6 Å². The monoisotopic (exact) mass is 1200 g/mol. The molecular weight excluding hydrogens is 1140 g/mol. The van der Waals surface area contributed by atoms with E-state index in [1.807, 2.05) is 158 Å². The van der Waals surface area contributed by atoms with Gasteiger partial charge >= 0.3 is 24.1 Å². The van der Waals surface area contributed by atoms with Crippen molar-refractivity contribution in [2.45, 2.75) is 45.5 Å². The van der Waals surface area contributed by atoms with Gasteiger partial charge in [-0.2, -0.15) is 8.78 Å². The second-order valence-corrected chi connectivity index (χ2v) is 21.5. The van der Waals surface area contributed by atoms with Crippen LogP contribution in [0.25, 0.3) is 27.9 Å². The van der Waals surface area contributed by atoms with Crippen LogP contribution in [0.5, 0.6) is 46.8 Å². The molecule has 90 heavy (non-hydrogen) atoms. The number of anilines is 3. The second-order valence-electron chi connectivity index (χ2n) is 21.5. The molecule has 2 N–H and O–H groups in total. The Morgan fingerprint density at radius 1 is 0.522 bits per heavy atom. The second kappa shape index (κ2) is 28.4. The van der Waals surface area contributed by atoms with Gasteiger partial charge < -0.3 is 38.9 Å². The predicted octanol–water partition coefficient (Wildman–Crippen LogP) is 16.5. The first-order chi connectivity index (χ1) is 43.8. The van der Waals surface area contributed by atoms with E-state index >= 15 is 0 Å². The van der Waals surface area contributed by atoms with Crippen molar-refractivity contribution in [2.24, 2.45) is 5.92 Å². The number of benzene rings is 6. The summed E-state index contributed by atoms with van der Waals surface area (Å²) < 4.78 is 50.9. The molecule has 0 saturated carbocycles. The summed E-state index contributed by atoms with van der Waals surface area (Å²) >= 11 is 0. The van der Waals surface area contributed by atoms with Crippen molar-refractivity contribution >= 4 is 28.7 Å². The number of halogens is 2. The van der Waals surface area contributed by atoms with Gasteiger partial charge in [-0.3, -0.25) is 4.90 Å². The number of piperidine rings is 1. The van der Waals surface area contributed by atoms with Crippen LogP contribution in [0.2, 0.25) is 0 Å². The molecule has 8 heterocycles. The van der Waals surface area contributed by atoms with Gasteiger partial charge in [-0.1, -0.05) is 98.9 Å². The highest BCUT2D eigenvalue weighted by molar-refractivity contribution is 5.94. The summed E-state index contributed by atoms with van der Waals surface area (Å²) in [6, 6.07) is 56.0. The summed E-state index contributed by atoms with van der Waals surface area (Å²) in [5.74, 6) is 1.50. The van der Waals surface area contributed by atoms with Gasteiger partial charge in [0.2, 0.25) is 0 Å². The number of urea groups is 1. The molecule has 0 spiro atoms. The van der Waals surface area contributed by atoms with E-state index in [1.54, 1.807) is 52.4 Å². The van der Waals surface area contributed by atoms with Gasteiger partial charge in [-0.15, -0.1) is 0 Å². The zero-order valence-electron chi connectivity index (χ0n) is 49.6. The number of allylic oxidation sites excluding steroid dienone is 1. The van der Waals surface area contributed by atoms with Gasteiger partial charge in [-0.25, -0.2) is 39.7 Å². The predicted molar refractivity (Wildman–Crippen MR) is 345 cm³/mol. The third-order valence-electron chi connectivity index (χ3n) is 14.6. The van der Waals surface area contributed by atoms with Crippen molar-refractivity contribution in [2.75, 3.05) is 34.8 Å². The Morgan fingerprint density at radius 3 is 1.50 bits per heavy atom. The first-order valence-electron chi connectivity index (χ1n) is 29.2. The normalized spacial score (nSPS) is 13.6. The maximum absolute atomic E-state index is 13.4. The number of nitrogens with zero attached hydrogens (tertiary/aromatic N) is 10. The molecule has 0 bridgehead atoms. The van der Waals surface area contributed by atoms with Crippen LogP contribution in [-0.4, -0.2) is 65.0 Å². The number of aromatic nitrogens is 8. The number of pyridine rings is 1. The van der Waals surface area contributed by atoms with Crippen LogP contribution < -0.4 is 39.4 Å². The maximum Gasteiger partial charge on any atom is 0.326 e. The molecule has 17 nitrogen and oxygen atoms in total. The molecule has 0 aliphatic carbocycles. The Balaban J connectivity index is 0.000000124. The molecule has 2 amide bonds. The van der Waals surface area contributed by atoms with E-state index in [-0.39, 0.29) is 17.7 Å². The first-order valence-corrected chi connectivity index (χ1v) is 29.2. The highest BCUT2D eigenvalue weighted by Crippen LogP contribution is 2.33. The fraction of sp³-hybridized carbons (Fsp3) is 0.155. The van der Waals surface area contributed by atoms with Gasteiger partial charge in [-0.05, 0) is 133 Å². The van der Waals surface area contributed by atoms with Crippen LogP contribution in [0.3, 0.4) is 0 Å². The number of nitrogens with one attached hydrogen (secondary N) is 2. The van der Waals surface area contributed by atoms with Crippen LogP contribution >= 0.6 is 0 Å². The van der Waals surface area contributed by atoms with E-state index in [2.05, 4.69) is 88.7 Å². The minimum atomic E-state index is -2.98. The number of hydrogen-bond donors (Lipinski definition) is 2. The third-order valence-corrected chi connectivity index (χ3v) is 14.6. The van der Waals surface area contributed by atoms with Crippen molar-refractivity contribution in [3.63, 3.8) is 0 Å². The summed E-state index contributed by atoms with van der Waals surface area (Å²) in [4.78, 5) is 45.5. The lowest BCUT2D eigenvalue weighted by molar-refractivity contribution is 0.0133. The highest BCUT2D eigenvalue weighted by Gasteiger charge is 2.28. The average Bonchev–Trinajstić information content (AvgIpc) is 2.30. The number of carbonyl (C=O) groups excluding carboxylic acids is 1. The lowest BCUT2D eigenvalue weighted by Crippen LogP contribution is -2.45. The van der Waals surface area contributed by atoms with E-state index in [0.29, 0.717) is 30.0 Å². The van der Waals surface area contributed by atoms with Gasteiger partial charge in [0, 0.05) is 110 Å². The van der Waals surface area contributed by atoms with Crippen LogP contribution in [0, 0.1) is 5.92 Å². The summed E-state index contributed by atoms with van der Waals surface area (Å²) in [6.45, 7) is 13.7. The zero-order chi connectivity index (χ0) is 62.2. The molecule has 3 aliphatic heterocycles. The molecule has 452 valence electrons. The SMILES string of the molecule is C=C1CCN(c2ccc(Oc3ccccc3)cc2)C(=O)N1.C=C1Cc2cc(-c3cnc(Oc4ccccc4)nc3)ccc2N1.CC(F)(F)c1cn2ccc(-c3cnc(Oc4ccccc4)nc3)cc2n1.CC1CCN(c2cnc(Oc3ccccc3)nc2)CC1. The van der Waals surface area contributed by atoms with Gasteiger partial charge in [0.05, 0.1) is 18.1 Å². The summed E-state index contributed by atoms with van der Waals surface area (Å²) in [5.41, 5.74) is 9.83. The molecule has 2 fully saturated rings.